The third kappa shape index (κ3) is 3.17. The van der Waals surface area contributed by atoms with Gasteiger partial charge in [-0.1, -0.05) is 12.1 Å². The molecule has 0 N–H and O–H groups in total. The van der Waals surface area contributed by atoms with E-state index in [1.807, 2.05) is 24.3 Å². The lowest BCUT2D eigenvalue weighted by atomic mass is 10.1. The molecule has 0 saturated heterocycles. The van der Waals surface area contributed by atoms with Crippen LogP contribution < -0.4 is 4.74 Å². The molecule has 0 atom stereocenters. The Hall–Kier alpha value is -1.61. The van der Waals surface area contributed by atoms with Crippen molar-refractivity contribution in [3.8, 4) is 5.75 Å². The molecule has 0 aliphatic heterocycles. The molecule has 0 bridgehead atoms. The highest BCUT2D eigenvalue weighted by Gasteiger charge is 2.00. The molecule has 0 aliphatic rings. The number of rotatable bonds is 4. The molecule has 0 saturated carbocycles. The first-order valence-electron chi connectivity index (χ1n) is 5.30. The minimum atomic E-state index is 0.447. The normalized spacial score (nSPS) is 10.2. The van der Waals surface area contributed by atoms with Gasteiger partial charge in [0.2, 0.25) is 0 Å². The second-order valence-electron chi connectivity index (χ2n) is 3.67. The fraction of sp³-hybridized carbons (Fsp3) is 0.231. The summed E-state index contributed by atoms with van der Waals surface area (Å²) >= 11 is 5.68. The van der Waals surface area contributed by atoms with Crippen LogP contribution in [0.25, 0.3) is 0 Å². The van der Waals surface area contributed by atoms with Crippen molar-refractivity contribution in [3.63, 3.8) is 0 Å². The molecular weight excluding hydrogens is 236 g/mol. The highest BCUT2D eigenvalue weighted by Crippen LogP contribution is 2.13. The van der Waals surface area contributed by atoms with Crippen LogP contribution in [0.1, 0.15) is 17.0 Å². The monoisotopic (exact) mass is 248 g/mol. The molecule has 3 nitrogen and oxygen atoms in total. The summed E-state index contributed by atoms with van der Waals surface area (Å²) < 4.78 is 5.10. The smallest absolute Gasteiger partial charge is 0.132 e. The lowest BCUT2D eigenvalue weighted by molar-refractivity contribution is 0.414. The van der Waals surface area contributed by atoms with E-state index in [1.165, 1.54) is 0 Å². The number of alkyl halides is 1. The highest BCUT2D eigenvalue weighted by atomic mass is 35.5. The Labute approximate surface area is 105 Å². The Morgan fingerprint density at radius 2 is 1.71 bits per heavy atom. The van der Waals surface area contributed by atoms with Crippen LogP contribution >= 0.6 is 11.6 Å². The standard InChI is InChI=1S/C13H13ClN2O/c1-17-12-4-2-10(3-5-12)6-13-15-8-11(7-14)9-16-13/h2-5,8-9H,6-7H2,1H3. The predicted octanol–water partition coefficient (Wildman–Crippen LogP) is 2.81. The van der Waals surface area contributed by atoms with Crippen LogP contribution in [-0.4, -0.2) is 17.1 Å². The molecule has 0 amide bonds. The van der Waals surface area contributed by atoms with Gasteiger partial charge in [-0.2, -0.15) is 0 Å². The van der Waals surface area contributed by atoms with Crippen LogP contribution in [0.4, 0.5) is 0 Å². The van der Waals surface area contributed by atoms with Crippen molar-refractivity contribution in [1.82, 2.24) is 9.97 Å². The first-order valence-corrected chi connectivity index (χ1v) is 5.84. The number of halogens is 1. The second-order valence-corrected chi connectivity index (χ2v) is 3.93. The van der Waals surface area contributed by atoms with E-state index in [9.17, 15) is 0 Å². The van der Waals surface area contributed by atoms with E-state index in [-0.39, 0.29) is 0 Å². The molecule has 1 heterocycles. The van der Waals surface area contributed by atoms with Gasteiger partial charge in [0.05, 0.1) is 13.0 Å². The average Bonchev–Trinajstić information content (AvgIpc) is 2.40. The Kier molecular flexibility index (Phi) is 3.94. The number of methoxy groups -OCH3 is 1. The van der Waals surface area contributed by atoms with Crippen molar-refractivity contribution in [2.24, 2.45) is 0 Å². The summed E-state index contributed by atoms with van der Waals surface area (Å²) in [6.45, 7) is 0. The summed E-state index contributed by atoms with van der Waals surface area (Å²) in [5.74, 6) is 2.10. The SMILES string of the molecule is COc1ccc(Cc2ncc(CCl)cn2)cc1. The zero-order chi connectivity index (χ0) is 12.1. The minimum Gasteiger partial charge on any atom is -0.497 e. The minimum absolute atomic E-state index is 0.447. The van der Waals surface area contributed by atoms with E-state index in [2.05, 4.69) is 9.97 Å². The van der Waals surface area contributed by atoms with Crippen LogP contribution in [0.5, 0.6) is 5.75 Å². The predicted molar refractivity (Wildman–Crippen MR) is 67.4 cm³/mol. The zero-order valence-corrected chi connectivity index (χ0v) is 10.3. The summed E-state index contributed by atoms with van der Waals surface area (Å²) in [6, 6.07) is 7.89. The summed E-state index contributed by atoms with van der Waals surface area (Å²) in [5.41, 5.74) is 2.09. The Bertz CT molecular complexity index is 422. The maximum absolute atomic E-state index is 5.68. The van der Waals surface area contributed by atoms with E-state index in [1.54, 1.807) is 19.5 Å². The van der Waals surface area contributed by atoms with E-state index in [0.29, 0.717) is 12.3 Å². The molecule has 1 aromatic heterocycles. The van der Waals surface area contributed by atoms with Crippen molar-refractivity contribution >= 4 is 11.6 Å². The topological polar surface area (TPSA) is 35.0 Å². The van der Waals surface area contributed by atoms with E-state index < -0.39 is 0 Å². The second kappa shape index (κ2) is 5.64. The van der Waals surface area contributed by atoms with Gasteiger partial charge in [0.15, 0.2) is 0 Å². The van der Waals surface area contributed by atoms with Gasteiger partial charge < -0.3 is 4.74 Å². The van der Waals surface area contributed by atoms with Crippen LogP contribution in [-0.2, 0) is 12.3 Å². The lowest BCUT2D eigenvalue weighted by Crippen LogP contribution is -1.97. The summed E-state index contributed by atoms with van der Waals surface area (Å²) in [4.78, 5) is 8.52. The molecule has 0 spiro atoms. The maximum Gasteiger partial charge on any atom is 0.132 e. The average molecular weight is 249 g/mol. The van der Waals surface area contributed by atoms with Gasteiger partial charge in [-0.05, 0) is 17.7 Å². The number of hydrogen-bond acceptors (Lipinski definition) is 3. The number of nitrogens with zero attached hydrogens (tertiary/aromatic N) is 2. The molecule has 0 radical (unpaired) electrons. The maximum atomic E-state index is 5.68. The number of benzene rings is 1. The first kappa shape index (κ1) is 11.9. The van der Waals surface area contributed by atoms with Crippen molar-refractivity contribution in [3.05, 3.63) is 53.6 Å². The Balaban J connectivity index is 2.08. The van der Waals surface area contributed by atoms with Crippen LogP contribution in [0, 0.1) is 0 Å². The van der Waals surface area contributed by atoms with Crippen molar-refractivity contribution < 1.29 is 4.74 Å². The number of ether oxygens (including phenoxy) is 1. The van der Waals surface area contributed by atoms with Crippen LogP contribution in [0.2, 0.25) is 0 Å². The quantitative estimate of drug-likeness (QED) is 0.781. The largest absolute Gasteiger partial charge is 0.497 e. The van der Waals surface area contributed by atoms with Gasteiger partial charge in [-0.15, -0.1) is 11.6 Å². The Morgan fingerprint density at radius 3 is 2.24 bits per heavy atom. The molecule has 17 heavy (non-hydrogen) atoms. The summed E-state index contributed by atoms with van der Waals surface area (Å²) in [6.07, 6.45) is 4.24. The summed E-state index contributed by atoms with van der Waals surface area (Å²) in [7, 11) is 1.66. The van der Waals surface area contributed by atoms with Gasteiger partial charge in [0.25, 0.3) is 0 Å². The fourth-order valence-corrected chi connectivity index (χ4v) is 1.61. The van der Waals surface area contributed by atoms with Gasteiger partial charge >= 0.3 is 0 Å². The fourth-order valence-electron chi connectivity index (χ4n) is 1.47. The van der Waals surface area contributed by atoms with Crippen LogP contribution in [0.15, 0.2) is 36.7 Å². The molecular formula is C13H13ClN2O. The summed E-state index contributed by atoms with van der Waals surface area (Å²) in [5, 5.41) is 0. The third-order valence-electron chi connectivity index (χ3n) is 2.43. The van der Waals surface area contributed by atoms with Crippen molar-refractivity contribution in [2.45, 2.75) is 12.3 Å². The molecule has 2 aromatic rings. The number of hydrogen-bond donors (Lipinski definition) is 0. The van der Waals surface area contributed by atoms with Gasteiger partial charge in [0, 0.05) is 24.4 Å². The third-order valence-corrected chi connectivity index (χ3v) is 2.74. The van der Waals surface area contributed by atoms with E-state index in [4.69, 9.17) is 16.3 Å². The first-order chi connectivity index (χ1) is 8.31. The molecule has 2 rings (SSSR count). The van der Waals surface area contributed by atoms with E-state index in [0.717, 1.165) is 22.7 Å². The Morgan fingerprint density at radius 1 is 1.06 bits per heavy atom. The van der Waals surface area contributed by atoms with E-state index >= 15 is 0 Å². The molecule has 0 unspecified atom stereocenters. The zero-order valence-electron chi connectivity index (χ0n) is 9.56. The van der Waals surface area contributed by atoms with Crippen molar-refractivity contribution in [1.29, 1.82) is 0 Å². The molecule has 1 aromatic carbocycles. The van der Waals surface area contributed by atoms with Gasteiger partial charge in [0.1, 0.15) is 11.6 Å². The van der Waals surface area contributed by atoms with Crippen LogP contribution in [0.3, 0.4) is 0 Å². The van der Waals surface area contributed by atoms with Crippen molar-refractivity contribution in [2.75, 3.05) is 7.11 Å². The number of aromatic nitrogens is 2. The molecule has 88 valence electrons. The molecule has 0 fully saturated rings. The lowest BCUT2D eigenvalue weighted by Gasteiger charge is -2.03. The van der Waals surface area contributed by atoms with Gasteiger partial charge in [-0.3, -0.25) is 0 Å². The molecule has 0 aliphatic carbocycles. The highest BCUT2D eigenvalue weighted by molar-refractivity contribution is 6.17. The molecule has 4 heteroatoms. The van der Waals surface area contributed by atoms with Gasteiger partial charge in [-0.25, -0.2) is 9.97 Å².